The van der Waals surface area contributed by atoms with Gasteiger partial charge in [-0.1, -0.05) is 58.4 Å². The Kier molecular flexibility index (Phi) is 9.66. The molecular weight excluding hydrogens is 470 g/mol. The van der Waals surface area contributed by atoms with Gasteiger partial charge in [-0.25, -0.2) is 4.79 Å². The first-order chi connectivity index (χ1) is 17.0. The molecule has 0 aliphatic rings. The average Bonchev–Trinajstić information content (AvgIpc) is 2.76. The lowest BCUT2D eigenvalue weighted by Gasteiger charge is -2.34. The summed E-state index contributed by atoms with van der Waals surface area (Å²) in [5, 5.41) is 0. The van der Waals surface area contributed by atoms with Gasteiger partial charge in [-0.05, 0) is 68.9 Å². The number of carbonyl (C=O) groups is 3. The molecule has 2 atom stereocenters. The molecule has 2 aromatic rings. The van der Waals surface area contributed by atoms with E-state index in [0.717, 1.165) is 5.56 Å². The number of hydrogen-bond acceptors (Lipinski definition) is 7. The van der Waals surface area contributed by atoms with Crippen molar-refractivity contribution in [2.75, 3.05) is 0 Å². The van der Waals surface area contributed by atoms with E-state index in [1.807, 2.05) is 53.7 Å². The van der Waals surface area contributed by atoms with Crippen LogP contribution in [0.15, 0.2) is 42.5 Å². The van der Waals surface area contributed by atoms with Crippen LogP contribution < -0.4 is 15.2 Å². The number of nitrogens with two attached hydrogens (primary N) is 1. The van der Waals surface area contributed by atoms with Gasteiger partial charge in [0.1, 0.15) is 6.10 Å². The second-order valence-electron chi connectivity index (χ2n) is 12.0. The summed E-state index contributed by atoms with van der Waals surface area (Å²) in [7, 11) is 0. The lowest BCUT2D eigenvalue weighted by molar-refractivity contribution is -0.153. The number of rotatable bonds is 8. The Labute approximate surface area is 220 Å². The molecule has 202 valence electrons. The summed E-state index contributed by atoms with van der Waals surface area (Å²) < 4.78 is 17.2. The van der Waals surface area contributed by atoms with Gasteiger partial charge in [0.2, 0.25) is 0 Å². The molecule has 0 amide bonds. The molecule has 2 rings (SSSR count). The summed E-state index contributed by atoms with van der Waals surface area (Å²) in [6, 6.07) is 11.2. The van der Waals surface area contributed by atoms with Crippen molar-refractivity contribution in [1.29, 1.82) is 0 Å². The Morgan fingerprint density at radius 3 is 1.97 bits per heavy atom. The van der Waals surface area contributed by atoms with Crippen molar-refractivity contribution in [3.05, 3.63) is 59.2 Å². The fourth-order valence-electron chi connectivity index (χ4n) is 3.29. The first kappa shape index (κ1) is 30.0. The largest absolute Gasteiger partial charge is 0.456 e. The van der Waals surface area contributed by atoms with Crippen LogP contribution in [0.1, 0.15) is 89.4 Å². The van der Waals surface area contributed by atoms with Crippen molar-refractivity contribution in [1.82, 2.24) is 0 Å². The number of esters is 3. The van der Waals surface area contributed by atoms with E-state index in [1.165, 1.54) is 6.07 Å². The van der Waals surface area contributed by atoms with E-state index in [0.29, 0.717) is 11.1 Å². The highest BCUT2D eigenvalue weighted by atomic mass is 16.6. The number of benzene rings is 2. The van der Waals surface area contributed by atoms with Gasteiger partial charge < -0.3 is 19.9 Å². The van der Waals surface area contributed by atoms with Gasteiger partial charge >= 0.3 is 17.9 Å². The molecule has 0 heterocycles. The van der Waals surface area contributed by atoms with Crippen LogP contribution in [0.4, 0.5) is 0 Å². The molecule has 2 N–H and O–H groups in total. The lowest BCUT2D eigenvalue weighted by Crippen LogP contribution is -2.42. The molecule has 37 heavy (non-hydrogen) atoms. The van der Waals surface area contributed by atoms with E-state index in [2.05, 4.69) is 0 Å². The minimum Gasteiger partial charge on any atom is -0.456 e. The fourth-order valence-corrected chi connectivity index (χ4v) is 3.29. The molecule has 2 aromatic carbocycles. The summed E-state index contributed by atoms with van der Waals surface area (Å²) >= 11 is 0. The van der Waals surface area contributed by atoms with E-state index in [4.69, 9.17) is 19.9 Å². The first-order valence-electron chi connectivity index (χ1n) is 12.6. The van der Waals surface area contributed by atoms with Crippen LogP contribution in [-0.4, -0.2) is 23.9 Å². The van der Waals surface area contributed by atoms with E-state index in [-0.39, 0.29) is 29.8 Å². The molecule has 7 nitrogen and oxygen atoms in total. The Morgan fingerprint density at radius 1 is 0.865 bits per heavy atom. The minimum atomic E-state index is -0.806. The molecule has 0 aliphatic heterocycles. The van der Waals surface area contributed by atoms with Crippen molar-refractivity contribution < 1.29 is 28.6 Å². The van der Waals surface area contributed by atoms with Crippen LogP contribution >= 0.6 is 0 Å². The summed E-state index contributed by atoms with van der Waals surface area (Å²) in [4.78, 5) is 38.2. The maximum Gasteiger partial charge on any atom is 0.343 e. The minimum absolute atomic E-state index is 0.0453. The second kappa shape index (κ2) is 11.9. The smallest absolute Gasteiger partial charge is 0.343 e. The highest BCUT2D eigenvalue weighted by Crippen LogP contribution is 2.38. The Morgan fingerprint density at radius 2 is 1.46 bits per heavy atom. The lowest BCUT2D eigenvalue weighted by atomic mass is 9.81. The van der Waals surface area contributed by atoms with Crippen molar-refractivity contribution in [3.63, 3.8) is 0 Å². The third-order valence-electron chi connectivity index (χ3n) is 5.76. The zero-order valence-electron chi connectivity index (χ0n) is 23.5. The van der Waals surface area contributed by atoms with Gasteiger partial charge in [-0.15, -0.1) is 0 Å². The van der Waals surface area contributed by atoms with Crippen LogP contribution in [0, 0.1) is 23.7 Å². The molecule has 0 fully saturated rings. The molecule has 7 heteroatoms. The predicted molar refractivity (Wildman–Crippen MR) is 143 cm³/mol. The SMILES string of the molecule is Cc1ccc(C(=O)Oc2ccc(C(OC(=O)CC(C)C)C(N)C(C)(C)C)cc2OC(=O)C(C)(C)C)cc1. The highest BCUT2D eigenvalue weighted by molar-refractivity contribution is 5.91. The van der Waals surface area contributed by atoms with Gasteiger partial charge in [0.25, 0.3) is 0 Å². The predicted octanol–water partition coefficient (Wildman–Crippen LogP) is 6.17. The fraction of sp³-hybridized carbons (Fsp3) is 0.500. The summed E-state index contributed by atoms with van der Waals surface area (Å²) in [5.74, 6) is -1.24. The summed E-state index contributed by atoms with van der Waals surface area (Å²) in [6.07, 6.45) is -0.564. The van der Waals surface area contributed by atoms with E-state index in [9.17, 15) is 14.4 Å². The molecule has 0 aliphatic carbocycles. The Bertz CT molecular complexity index is 1110. The van der Waals surface area contributed by atoms with Crippen molar-refractivity contribution in [2.24, 2.45) is 22.5 Å². The van der Waals surface area contributed by atoms with E-state index >= 15 is 0 Å². The topological polar surface area (TPSA) is 105 Å². The number of carbonyl (C=O) groups excluding carboxylic acids is 3. The number of hydrogen-bond donors (Lipinski definition) is 1. The molecule has 0 saturated heterocycles. The van der Waals surface area contributed by atoms with Crippen LogP contribution in [0.25, 0.3) is 0 Å². The monoisotopic (exact) mass is 511 g/mol. The van der Waals surface area contributed by atoms with Crippen molar-refractivity contribution >= 4 is 17.9 Å². The molecule has 0 bridgehead atoms. The molecule has 0 radical (unpaired) electrons. The van der Waals surface area contributed by atoms with Gasteiger partial charge in [-0.3, -0.25) is 9.59 Å². The van der Waals surface area contributed by atoms with E-state index in [1.54, 1.807) is 45.0 Å². The average molecular weight is 512 g/mol. The van der Waals surface area contributed by atoms with Crippen LogP contribution in [0.5, 0.6) is 11.5 Å². The summed E-state index contributed by atoms with van der Waals surface area (Å²) in [5.41, 5.74) is 7.26. The second-order valence-corrected chi connectivity index (χ2v) is 12.0. The number of aryl methyl sites for hydroxylation is 1. The van der Waals surface area contributed by atoms with Gasteiger partial charge in [0, 0.05) is 6.42 Å². The van der Waals surface area contributed by atoms with Gasteiger partial charge in [0.15, 0.2) is 11.5 Å². The first-order valence-corrected chi connectivity index (χ1v) is 12.6. The number of ether oxygens (including phenoxy) is 3. The standard InChI is InChI=1S/C30H41NO6/c1-18(2)16-24(32)37-25(26(31)29(4,5)6)21-14-15-22(23(17-21)36-28(34)30(7,8)9)35-27(33)20-12-10-19(3)11-13-20/h10-15,17-18,25-26H,16,31H2,1-9H3. The normalized spacial score (nSPS) is 13.6. The zero-order chi connectivity index (χ0) is 28.1. The highest BCUT2D eigenvalue weighted by Gasteiger charge is 2.34. The molecule has 0 spiro atoms. The van der Waals surface area contributed by atoms with Crippen molar-refractivity contribution in [3.8, 4) is 11.5 Å². The summed E-state index contributed by atoms with van der Waals surface area (Å²) in [6.45, 7) is 16.8. The zero-order valence-corrected chi connectivity index (χ0v) is 23.5. The third kappa shape index (κ3) is 8.71. The maximum absolute atomic E-state index is 12.8. The van der Waals surface area contributed by atoms with Crippen LogP contribution in [-0.2, 0) is 14.3 Å². The van der Waals surface area contributed by atoms with E-state index < -0.39 is 34.9 Å². The quantitative estimate of drug-likeness (QED) is 0.334. The molecular formula is C30H41NO6. The van der Waals surface area contributed by atoms with Crippen molar-refractivity contribution in [2.45, 2.75) is 80.9 Å². The van der Waals surface area contributed by atoms with Gasteiger partial charge in [-0.2, -0.15) is 0 Å². The third-order valence-corrected chi connectivity index (χ3v) is 5.76. The molecule has 0 aromatic heterocycles. The Balaban J connectivity index is 2.52. The molecule has 0 saturated carbocycles. The molecule has 2 unspecified atom stereocenters. The maximum atomic E-state index is 12.8. The van der Waals surface area contributed by atoms with Crippen LogP contribution in [0.2, 0.25) is 0 Å². The van der Waals surface area contributed by atoms with Gasteiger partial charge in [0.05, 0.1) is 17.0 Å². The van der Waals surface area contributed by atoms with Crippen LogP contribution in [0.3, 0.4) is 0 Å². The Hall–Kier alpha value is -3.19.